The van der Waals surface area contributed by atoms with E-state index in [1.54, 1.807) is 24.3 Å². The van der Waals surface area contributed by atoms with Crippen LogP contribution in [0.3, 0.4) is 0 Å². The van der Waals surface area contributed by atoms with Gasteiger partial charge in [0, 0.05) is 12.1 Å². The average molecular weight is 432 g/mol. The minimum absolute atomic E-state index is 0.0280. The second kappa shape index (κ2) is 9.39. The molecule has 0 aromatic heterocycles. The van der Waals surface area contributed by atoms with Crippen LogP contribution >= 0.6 is 11.6 Å². The van der Waals surface area contributed by atoms with Crippen molar-refractivity contribution < 1.29 is 23.8 Å². The number of amides is 1. The van der Waals surface area contributed by atoms with E-state index in [0.717, 1.165) is 5.56 Å². The van der Waals surface area contributed by atoms with Crippen LogP contribution in [0.2, 0.25) is 5.02 Å². The molecule has 0 aliphatic carbocycles. The van der Waals surface area contributed by atoms with Crippen molar-refractivity contribution in [2.45, 2.75) is 39.2 Å². The number of benzene rings is 2. The number of ether oxygens (including phenoxy) is 3. The van der Waals surface area contributed by atoms with Crippen LogP contribution in [0.25, 0.3) is 0 Å². The first-order valence-corrected chi connectivity index (χ1v) is 10.2. The number of hydrogen-bond donors (Lipinski definition) is 1. The molecule has 1 heterocycles. The number of rotatable bonds is 6. The summed E-state index contributed by atoms with van der Waals surface area (Å²) in [4.78, 5) is 24.2. The van der Waals surface area contributed by atoms with E-state index >= 15 is 0 Å². The lowest BCUT2D eigenvalue weighted by Crippen LogP contribution is -2.26. The van der Waals surface area contributed by atoms with Crippen LogP contribution in [-0.4, -0.2) is 31.6 Å². The number of nitrogens with one attached hydrogen (secondary N) is 1. The molecule has 1 aliphatic heterocycles. The Balaban J connectivity index is 1.44. The van der Waals surface area contributed by atoms with Gasteiger partial charge in [-0.25, -0.2) is 0 Å². The highest BCUT2D eigenvalue weighted by atomic mass is 35.5. The zero-order chi connectivity index (χ0) is 21.7. The van der Waals surface area contributed by atoms with Gasteiger partial charge in [0.25, 0.3) is 5.91 Å². The van der Waals surface area contributed by atoms with Gasteiger partial charge < -0.3 is 19.5 Å². The quantitative estimate of drug-likeness (QED) is 0.691. The van der Waals surface area contributed by atoms with Crippen LogP contribution in [0.1, 0.15) is 48.7 Å². The normalized spacial score (nSPS) is 12.9. The summed E-state index contributed by atoms with van der Waals surface area (Å²) in [5.41, 5.74) is 2.45. The van der Waals surface area contributed by atoms with Crippen LogP contribution in [0.4, 0.5) is 0 Å². The Morgan fingerprint density at radius 3 is 2.50 bits per heavy atom. The van der Waals surface area contributed by atoms with E-state index in [1.807, 2.05) is 12.1 Å². The molecule has 3 rings (SSSR count). The molecule has 0 saturated carbocycles. The summed E-state index contributed by atoms with van der Waals surface area (Å²) in [6.07, 6.45) is 0.0735. The SMILES string of the molecule is CC(C)(C)c1ccc(C(=O)NCCC(=O)OCc2cc(Cl)c3c(c2)OCCO3)cc1. The molecule has 1 N–H and O–H groups in total. The van der Waals surface area contributed by atoms with Crippen molar-refractivity contribution in [3.63, 3.8) is 0 Å². The van der Waals surface area contributed by atoms with Gasteiger partial charge in [-0.1, -0.05) is 44.5 Å². The summed E-state index contributed by atoms with van der Waals surface area (Å²) in [7, 11) is 0. The summed E-state index contributed by atoms with van der Waals surface area (Å²) in [6.45, 7) is 7.52. The van der Waals surface area contributed by atoms with Crippen LogP contribution in [0.15, 0.2) is 36.4 Å². The molecule has 0 atom stereocenters. The summed E-state index contributed by atoms with van der Waals surface area (Å²) >= 11 is 6.18. The van der Waals surface area contributed by atoms with Gasteiger partial charge in [-0.2, -0.15) is 0 Å². The average Bonchev–Trinajstić information content (AvgIpc) is 2.72. The molecule has 2 aromatic rings. The number of halogens is 1. The predicted octanol–water partition coefficient (Wildman–Crippen LogP) is 4.27. The van der Waals surface area contributed by atoms with Crippen molar-refractivity contribution in [2.24, 2.45) is 0 Å². The molecular formula is C23H26ClNO5. The number of fused-ring (bicyclic) bond motifs is 1. The molecule has 160 valence electrons. The fourth-order valence-electron chi connectivity index (χ4n) is 2.99. The van der Waals surface area contributed by atoms with Gasteiger partial charge in [-0.05, 0) is 40.8 Å². The molecule has 30 heavy (non-hydrogen) atoms. The number of carbonyl (C=O) groups excluding carboxylic acids is 2. The molecule has 0 saturated heterocycles. The first-order valence-electron chi connectivity index (χ1n) is 9.86. The van der Waals surface area contributed by atoms with Crippen LogP contribution in [0, 0.1) is 0 Å². The maximum absolute atomic E-state index is 12.2. The second-order valence-corrected chi connectivity index (χ2v) is 8.50. The van der Waals surface area contributed by atoms with E-state index in [1.165, 1.54) is 0 Å². The second-order valence-electron chi connectivity index (χ2n) is 8.10. The molecule has 1 amide bonds. The van der Waals surface area contributed by atoms with Gasteiger partial charge in [-0.3, -0.25) is 9.59 Å². The first kappa shape index (κ1) is 22.0. The van der Waals surface area contributed by atoms with Crippen LogP contribution < -0.4 is 14.8 Å². The highest BCUT2D eigenvalue weighted by Gasteiger charge is 2.17. The molecule has 0 bridgehead atoms. The topological polar surface area (TPSA) is 73.9 Å². The number of carbonyl (C=O) groups is 2. The minimum atomic E-state index is -0.413. The van der Waals surface area contributed by atoms with Crippen molar-refractivity contribution in [2.75, 3.05) is 19.8 Å². The van der Waals surface area contributed by atoms with Gasteiger partial charge in [0.15, 0.2) is 11.5 Å². The van der Waals surface area contributed by atoms with Crippen molar-refractivity contribution in [3.8, 4) is 11.5 Å². The standard InChI is InChI=1S/C23H26ClNO5/c1-23(2,3)17-6-4-16(5-7-17)22(27)25-9-8-20(26)30-14-15-12-18(24)21-19(13-15)28-10-11-29-21/h4-7,12-13H,8-11,14H2,1-3H3,(H,25,27). The lowest BCUT2D eigenvalue weighted by atomic mass is 9.87. The Kier molecular flexibility index (Phi) is 6.87. The molecule has 1 aliphatic rings. The van der Waals surface area contributed by atoms with E-state index in [4.69, 9.17) is 25.8 Å². The highest BCUT2D eigenvalue weighted by Crippen LogP contribution is 2.38. The lowest BCUT2D eigenvalue weighted by molar-refractivity contribution is -0.144. The Morgan fingerprint density at radius 2 is 1.80 bits per heavy atom. The van der Waals surface area contributed by atoms with E-state index in [2.05, 4.69) is 26.1 Å². The monoisotopic (exact) mass is 431 g/mol. The minimum Gasteiger partial charge on any atom is -0.486 e. The number of esters is 1. The van der Waals surface area contributed by atoms with Gasteiger partial charge in [-0.15, -0.1) is 0 Å². The molecule has 0 radical (unpaired) electrons. The van der Waals surface area contributed by atoms with Crippen molar-refractivity contribution in [1.29, 1.82) is 0 Å². The van der Waals surface area contributed by atoms with Gasteiger partial charge in [0.05, 0.1) is 11.4 Å². The molecule has 0 unspecified atom stereocenters. The van der Waals surface area contributed by atoms with E-state index in [0.29, 0.717) is 40.9 Å². The van der Waals surface area contributed by atoms with Crippen molar-refractivity contribution in [1.82, 2.24) is 5.32 Å². The molecular weight excluding hydrogens is 406 g/mol. The maximum Gasteiger partial charge on any atom is 0.307 e. The maximum atomic E-state index is 12.2. The van der Waals surface area contributed by atoms with Crippen molar-refractivity contribution in [3.05, 3.63) is 58.1 Å². The summed E-state index contributed by atoms with van der Waals surface area (Å²) in [5.74, 6) is 0.423. The molecule has 2 aromatic carbocycles. The van der Waals surface area contributed by atoms with Gasteiger partial charge >= 0.3 is 5.97 Å². The fourth-order valence-corrected chi connectivity index (χ4v) is 3.27. The predicted molar refractivity (Wildman–Crippen MR) is 114 cm³/mol. The third-order valence-corrected chi connectivity index (χ3v) is 4.96. The third-order valence-electron chi connectivity index (χ3n) is 4.68. The first-order chi connectivity index (χ1) is 14.2. The summed E-state index contributed by atoms with van der Waals surface area (Å²) < 4.78 is 16.2. The Morgan fingerprint density at radius 1 is 1.10 bits per heavy atom. The molecule has 0 spiro atoms. The fraction of sp³-hybridized carbons (Fsp3) is 0.391. The smallest absolute Gasteiger partial charge is 0.307 e. The van der Waals surface area contributed by atoms with Crippen LogP contribution in [0.5, 0.6) is 11.5 Å². The van der Waals surface area contributed by atoms with E-state index in [9.17, 15) is 9.59 Å². The van der Waals surface area contributed by atoms with E-state index < -0.39 is 5.97 Å². The molecule has 6 nitrogen and oxygen atoms in total. The Hall–Kier alpha value is -2.73. The zero-order valence-electron chi connectivity index (χ0n) is 17.4. The largest absolute Gasteiger partial charge is 0.486 e. The highest BCUT2D eigenvalue weighted by molar-refractivity contribution is 6.32. The van der Waals surface area contributed by atoms with Crippen LogP contribution in [-0.2, 0) is 21.6 Å². The van der Waals surface area contributed by atoms with Gasteiger partial charge in [0.2, 0.25) is 0 Å². The third kappa shape index (κ3) is 5.66. The Bertz CT molecular complexity index is 918. The molecule has 7 heteroatoms. The molecule has 0 fully saturated rings. The lowest BCUT2D eigenvalue weighted by Gasteiger charge is -2.20. The summed E-state index contributed by atoms with van der Waals surface area (Å²) in [6, 6.07) is 10.9. The van der Waals surface area contributed by atoms with Gasteiger partial charge in [0.1, 0.15) is 19.8 Å². The van der Waals surface area contributed by atoms with Crippen molar-refractivity contribution >= 4 is 23.5 Å². The summed E-state index contributed by atoms with van der Waals surface area (Å²) in [5, 5.41) is 3.16. The Labute approximate surface area is 181 Å². The van der Waals surface area contributed by atoms with E-state index in [-0.39, 0.29) is 30.9 Å². The number of hydrogen-bond acceptors (Lipinski definition) is 5. The zero-order valence-corrected chi connectivity index (χ0v) is 18.2.